The van der Waals surface area contributed by atoms with Gasteiger partial charge >= 0.3 is 0 Å². The molecule has 1 heterocycles. The smallest absolute Gasteiger partial charge is 0.207 e. The van der Waals surface area contributed by atoms with Gasteiger partial charge in [0.1, 0.15) is 5.82 Å². The molecule has 0 spiro atoms. The molecule has 0 bridgehead atoms. The van der Waals surface area contributed by atoms with Crippen molar-refractivity contribution in [1.29, 1.82) is 0 Å². The monoisotopic (exact) mass is 351 g/mol. The van der Waals surface area contributed by atoms with Gasteiger partial charge in [-0.3, -0.25) is 0 Å². The zero-order valence-electron chi connectivity index (χ0n) is 13.0. The van der Waals surface area contributed by atoms with Gasteiger partial charge in [-0.15, -0.1) is 11.8 Å². The molecule has 0 saturated carbocycles. The number of hydrogen-bond acceptors (Lipinski definition) is 3. The van der Waals surface area contributed by atoms with Crippen molar-refractivity contribution in [3.05, 3.63) is 58.9 Å². The summed E-state index contributed by atoms with van der Waals surface area (Å²) in [4.78, 5) is 0.825. The molecule has 3 nitrogen and oxygen atoms in total. The Morgan fingerprint density at radius 3 is 2.74 bits per heavy atom. The Labute approximate surface area is 140 Å². The van der Waals surface area contributed by atoms with E-state index in [1.807, 2.05) is 13.0 Å². The lowest BCUT2D eigenvalue weighted by Crippen LogP contribution is -2.31. The van der Waals surface area contributed by atoms with Crippen LogP contribution in [-0.2, 0) is 10.0 Å². The maximum absolute atomic E-state index is 13.9. The molecule has 0 fully saturated rings. The Balaban J connectivity index is 1.95. The summed E-state index contributed by atoms with van der Waals surface area (Å²) in [5, 5.41) is 0. The fourth-order valence-corrected chi connectivity index (χ4v) is 5.48. The number of thioether (sulfide) groups is 1. The Hall–Kier alpha value is -1.37. The van der Waals surface area contributed by atoms with Gasteiger partial charge in [0.05, 0.1) is 4.90 Å². The Morgan fingerprint density at radius 2 is 2.00 bits per heavy atom. The van der Waals surface area contributed by atoms with Crippen molar-refractivity contribution in [2.75, 3.05) is 5.75 Å². The summed E-state index contributed by atoms with van der Waals surface area (Å²) in [6.07, 6.45) is 0.644. The number of halogens is 1. The summed E-state index contributed by atoms with van der Waals surface area (Å²) in [6, 6.07) is 9.68. The molecule has 0 aliphatic carbocycles. The third-order valence-corrected chi connectivity index (χ3v) is 6.73. The number of benzene rings is 2. The van der Waals surface area contributed by atoms with Gasteiger partial charge in [-0.1, -0.05) is 29.8 Å². The van der Waals surface area contributed by atoms with E-state index in [1.165, 1.54) is 17.8 Å². The Morgan fingerprint density at radius 1 is 1.22 bits per heavy atom. The zero-order chi connectivity index (χ0) is 16.6. The van der Waals surface area contributed by atoms with Gasteiger partial charge < -0.3 is 0 Å². The van der Waals surface area contributed by atoms with Gasteiger partial charge in [-0.25, -0.2) is 17.5 Å². The van der Waals surface area contributed by atoms with Crippen LogP contribution in [0.1, 0.15) is 29.2 Å². The second kappa shape index (κ2) is 6.26. The third kappa shape index (κ3) is 3.29. The number of aryl methyl sites for hydroxylation is 2. The minimum Gasteiger partial charge on any atom is -0.207 e. The molecule has 23 heavy (non-hydrogen) atoms. The highest BCUT2D eigenvalue weighted by Crippen LogP contribution is 2.38. The molecule has 122 valence electrons. The van der Waals surface area contributed by atoms with Crippen LogP contribution in [0, 0.1) is 19.7 Å². The van der Waals surface area contributed by atoms with Crippen molar-refractivity contribution in [2.24, 2.45) is 0 Å². The molecule has 1 aliphatic rings. The van der Waals surface area contributed by atoms with Crippen molar-refractivity contribution in [3.63, 3.8) is 0 Å². The molecule has 0 radical (unpaired) electrons. The SMILES string of the molecule is Cc1ccc(S(=O)(=O)N[C@H]2CCSc3c(F)cccc32)c(C)c1. The zero-order valence-corrected chi connectivity index (χ0v) is 14.6. The molecule has 1 aliphatic heterocycles. The largest absolute Gasteiger partial charge is 0.241 e. The van der Waals surface area contributed by atoms with E-state index in [2.05, 4.69) is 4.72 Å². The van der Waals surface area contributed by atoms with Crippen LogP contribution in [0.15, 0.2) is 46.2 Å². The van der Waals surface area contributed by atoms with Crippen LogP contribution < -0.4 is 4.72 Å². The van der Waals surface area contributed by atoms with Crippen molar-refractivity contribution in [2.45, 2.75) is 36.1 Å². The van der Waals surface area contributed by atoms with Crippen molar-refractivity contribution in [3.8, 4) is 0 Å². The predicted molar refractivity (Wildman–Crippen MR) is 90.7 cm³/mol. The lowest BCUT2D eigenvalue weighted by molar-refractivity contribution is 0.533. The summed E-state index contributed by atoms with van der Waals surface area (Å²) in [5.41, 5.74) is 2.44. The highest BCUT2D eigenvalue weighted by atomic mass is 32.2. The summed E-state index contributed by atoms with van der Waals surface area (Å²) < 4.78 is 42.1. The van der Waals surface area contributed by atoms with E-state index < -0.39 is 16.1 Å². The van der Waals surface area contributed by atoms with Crippen LogP contribution in [0.5, 0.6) is 0 Å². The summed E-state index contributed by atoms with van der Waals surface area (Å²) in [7, 11) is -3.64. The average molecular weight is 351 g/mol. The first-order valence-corrected chi connectivity index (χ1v) is 9.86. The standard InChI is InChI=1S/C17H18FNO2S2/c1-11-6-7-16(12(2)10-11)23(20,21)19-15-8-9-22-17-13(15)4-3-5-14(17)18/h3-7,10,15,19H,8-9H2,1-2H3/t15-/m0/s1. The predicted octanol–water partition coefficient (Wildman–Crippen LogP) is 3.96. The van der Waals surface area contributed by atoms with E-state index in [4.69, 9.17) is 0 Å². The van der Waals surface area contributed by atoms with E-state index in [1.54, 1.807) is 31.2 Å². The Kier molecular flexibility index (Phi) is 4.49. The molecule has 2 aromatic carbocycles. The third-order valence-electron chi connectivity index (χ3n) is 3.94. The summed E-state index contributed by atoms with van der Waals surface area (Å²) in [6.45, 7) is 3.71. The van der Waals surface area contributed by atoms with Gasteiger partial charge in [0.25, 0.3) is 0 Å². The van der Waals surface area contributed by atoms with Crippen molar-refractivity contribution >= 4 is 21.8 Å². The van der Waals surface area contributed by atoms with Crippen LogP contribution in [0.3, 0.4) is 0 Å². The first kappa shape index (κ1) is 16.5. The van der Waals surface area contributed by atoms with Crippen molar-refractivity contribution in [1.82, 2.24) is 4.72 Å². The maximum Gasteiger partial charge on any atom is 0.241 e. The van der Waals surface area contributed by atoms with Crippen LogP contribution in [-0.4, -0.2) is 14.2 Å². The second-order valence-corrected chi connectivity index (χ2v) is 8.53. The normalized spacial score (nSPS) is 17.8. The van der Waals surface area contributed by atoms with Gasteiger partial charge in [0.2, 0.25) is 10.0 Å². The Bertz CT molecular complexity index is 850. The first-order chi connectivity index (χ1) is 10.9. The highest BCUT2D eigenvalue weighted by Gasteiger charge is 2.28. The minimum absolute atomic E-state index is 0.277. The molecule has 0 amide bonds. The fourth-order valence-electron chi connectivity index (χ4n) is 2.86. The summed E-state index contributed by atoms with van der Waals surface area (Å²) in [5.74, 6) is 0.400. The molecule has 2 aromatic rings. The van der Waals surface area contributed by atoms with E-state index in [9.17, 15) is 12.8 Å². The minimum atomic E-state index is -3.64. The number of nitrogens with one attached hydrogen (secondary N) is 1. The van der Waals surface area contributed by atoms with E-state index >= 15 is 0 Å². The second-order valence-electron chi connectivity index (χ2n) is 5.74. The molecule has 0 saturated heterocycles. The number of rotatable bonds is 3. The van der Waals surface area contributed by atoms with Gasteiger partial charge in [-0.05, 0) is 49.3 Å². The molecule has 3 rings (SSSR count). The molecule has 0 unspecified atom stereocenters. The molecular weight excluding hydrogens is 333 g/mol. The number of hydrogen-bond donors (Lipinski definition) is 1. The fraction of sp³-hybridized carbons (Fsp3) is 0.294. The van der Waals surface area contributed by atoms with Gasteiger partial charge in [0.15, 0.2) is 0 Å². The molecule has 1 atom stereocenters. The number of fused-ring (bicyclic) bond motifs is 1. The van der Waals surface area contributed by atoms with Gasteiger partial charge in [0, 0.05) is 10.9 Å². The topological polar surface area (TPSA) is 46.2 Å². The lowest BCUT2D eigenvalue weighted by Gasteiger charge is -2.26. The van der Waals surface area contributed by atoms with Crippen LogP contribution >= 0.6 is 11.8 Å². The molecule has 6 heteroatoms. The lowest BCUT2D eigenvalue weighted by atomic mass is 10.0. The first-order valence-electron chi connectivity index (χ1n) is 7.39. The average Bonchev–Trinajstić information content (AvgIpc) is 2.47. The number of sulfonamides is 1. The molecule has 1 N–H and O–H groups in total. The van der Waals surface area contributed by atoms with E-state index in [-0.39, 0.29) is 10.7 Å². The van der Waals surface area contributed by atoms with E-state index in [0.29, 0.717) is 22.6 Å². The maximum atomic E-state index is 13.9. The summed E-state index contributed by atoms with van der Waals surface area (Å²) >= 11 is 1.44. The highest BCUT2D eigenvalue weighted by molar-refractivity contribution is 7.99. The van der Waals surface area contributed by atoms with Crippen LogP contribution in [0.25, 0.3) is 0 Å². The quantitative estimate of drug-likeness (QED) is 0.910. The van der Waals surface area contributed by atoms with Crippen molar-refractivity contribution < 1.29 is 12.8 Å². The van der Waals surface area contributed by atoms with Gasteiger partial charge in [-0.2, -0.15) is 0 Å². The van der Waals surface area contributed by atoms with Crippen LogP contribution in [0.4, 0.5) is 4.39 Å². The molecular formula is C17H18FNO2S2. The van der Waals surface area contributed by atoms with E-state index in [0.717, 1.165) is 11.1 Å². The molecule has 0 aromatic heterocycles. The van der Waals surface area contributed by atoms with Crippen LogP contribution in [0.2, 0.25) is 0 Å².